The Hall–Kier alpha value is -1.10. The lowest BCUT2D eigenvalue weighted by molar-refractivity contribution is -0.155. The number of nitrogens with one attached hydrogen (secondary N) is 1. The first-order valence-corrected chi connectivity index (χ1v) is 8.00. The topological polar surface area (TPSA) is 58.6 Å². The van der Waals surface area contributed by atoms with Gasteiger partial charge in [0.25, 0.3) is 0 Å². The third-order valence-electron chi connectivity index (χ3n) is 3.36. The summed E-state index contributed by atoms with van der Waals surface area (Å²) in [5.74, 6) is -0.397. The van der Waals surface area contributed by atoms with Crippen LogP contribution in [0.4, 0.5) is 0 Å². The SMILES string of the molecule is CC(CN1CCCCC1)NC(=O)CCC(=O)OC(C)(C)C. The first-order chi connectivity index (χ1) is 9.76. The first kappa shape index (κ1) is 18.0. The minimum atomic E-state index is -0.491. The Kier molecular flexibility index (Phi) is 7.15. The number of rotatable bonds is 6. The van der Waals surface area contributed by atoms with E-state index in [0.717, 1.165) is 19.6 Å². The molecule has 0 aliphatic carbocycles. The second kappa shape index (κ2) is 8.37. The number of carbonyl (C=O) groups excluding carboxylic acids is 2. The maximum absolute atomic E-state index is 11.8. The van der Waals surface area contributed by atoms with E-state index in [1.165, 1.54) is 19.3 Å². The standard InChI is InChI=1S/C16H30N2O3/c1-13(12-18-10-6-5-7-11-18)17-14(19)8-9-15(20)21-16(2,3)4/h13H,5-12H2,1-4H3,(H,17,19). The van der Waals surface area contributed by atoms with Gasteiger partial charge in [0.2, 0.25) is 5.91 Å². The third kappa shape index (κ3) is 8.71. The van der Waals surface area contributed by atoms with Crippen molar-refractivity contribution in [2.24, 2.45) is 0 Å². The van der Waals surface area contributed by atoms with Crippen LogP contribution in [0.15, 0.2) is 0 Å². The van der Waals surface area contributed by atoms with Crippen molar-refractivity contribution in [3.8, 4) is 0 Å². The van der Waals surface area contributed by atoms with Crippen LogP contribution in [-0.4, -0.2) is 48.1 Å². The number of likely N-dealkylation sites (tertiary alicyclic amines) is 1. The third-order valence-corrected chi connectivity index (χ3v) is 3.36. The summed E-state index contributed by atoms with van der Waals surface area (Å²) in [6.45, 7) is 10.6. The quantitative estimate of drug-likeness (QED) is 0.763. The number of esters is 1. The van der Waals surface area contributed by atoms with Crippen molar-refractivity contribution in [3.05, 3.63) is 0 Å². The zero-order valence-electron chi connectivity index (χ0n) is 13.9. The van der Waals surface area contributed by atoms with Crippen molar-refractivity contribution in [3.63, 3.8) is 0 Å². The molecular formula is C16H30N2O3. The van der Waals surface area contributed by atoms with Crippen LogP contribution in [0.2, 0.25) is 0 Å². The number of hydrogen-bond acceptors (Lipinski definition) is 4. The van der Waals surface area contributed by atoms with Crippen LogP contribution in [0.1, 0.15) is 59.8 Å². The van der Waals surface area contributed by atoms with Crippen molar-refractivity contribution in [1.29, 1.82) is 0 Å². The van der Waals surface area contributed by atoms with Crippen LogP contribution in [0.25, 0.3) is 0 Å². The molecule has 1 heterocycles. The molecule has 0 aromatic heterocycles. The van der Waals surface area contributed by atoms with Gasteiger partial charge in [-0.25, -0.2) is 0 Å². The molecule has 5 heteroatoms. The maximum atomic E-state index is 11.8. The molecule has 122 valence electrons. The molecule has 1 amide bonds. The second-order valence-corrected chi connectivity index (χ2v) is 6.92. The van der Waals surface area contributed by atoms with Gasteiger partial charge in [-0.05, 0) is 53.6 Å². The number of ether oxygens (including phenoxy) is 1. The molecule has 1 aliphatic rings. The number of piperidine rings is 1. The van der Waals surface area contributed by atoms with E-state index >= 15 is 0 Å². The molecule has 1 N–H and O–H groups in total. The van der Waals surface area contributed by atoms with Gasteiger partial charge in [-0.15, -0.1) is 0 Å². The highest BCUT2D eigenvalue weighted by molar-refractivity contribution is 5.81. The Bertz CT molecular complexity index is 344. The van der Waals surface area contributed by atoms with Crippen molar-refractivity contribution >= 4 is 11.9 Å². The average molecular weight is 298 g/mol. The zero-order valence-corrected chi connectivity index (χ0v) is 13.9. The van der Waals surface area contributed by atoms with Gasteiger partial charge < -0.3 is 15.0 Å². The van der Waals surface area contributed by atoms with E-state index in [9.17, 15) is 9.59 Å². The maximum Gasteiger partial charge on any atom is 0.306 e. The first-order valence-electron chi connectivity index (χ1n) is 8.00. The van der Waals surface area contributed by atoms with E-state index in [4.69, 9.17) is 4.74 Å². The van der Waals surface area contributed by atoms with Gasteiger partial charge in [-0.3, -0.25) is 9.59 Å². The highest BCUT2D eigenvalue weighted by atomic mass is 16.6. The summed E-state index contributed by atoms with van der Waals surface area (Å²) in [4.78, 5) is 25.8. The molecule has 0 radical (unpaired) electrons. The van der Waals surface area contributed by atoms with E-state index in [2.05, 4.69) is 10.2 Å². The minimum absolute atomic E-state index is 0.0784. The Morgan fingerprint density at radius 1 is 1.14 bits per heavy atom. The van der Waals surface area contributed by atoms with E-state index in [0.29, 0.717) is 0 Å². The van der Waals surface area contributed by atoms with Crippen LogP contribution < -0.4 is 5.32 Å². The summed E-state index contributed by atoms with van der Waals surface area (Å²) in [6, 6.07) is 0.120. The average Bonchev–Trinajstić information content (AvgIpc) is 2.35. The molecule has 1 saturated heterocycles. The minimum Gasteiger partial charge on any atom is -0.460 e. The monoisotopic (exact) mass is 298 g/mol. The Morgan fingerprint density at radius 3 is 2.33 bits per heavy atom. The van der Waals surface area contributed by atoms with Crippen molar-refractivity contribution in [1.82, 2.24) is 10.2 Å². The normalized spacial score (nSPS) is 18.1. The largest absolute Gasteiger partial charge is 0.460 e. The number of amides is 1. The van der Waals surface area contributed by atoms with Crippen LogP contribution in [-0.2, 0) is 14.3 Å². The van der Waals surface area contributed by atoms with E-state index in [1.807, 2.05) is 27.7 Å². The predicted molar refractivity (Wildman–Crippen MR) is 83.0 cm³/mol. The fourth-order valence-corrected chi connectivity index (χ4v) is 2.53. The molecule has 5 nitrogen and oxygen atoms in total. The fraction of sp³-hybridized carbons (Fsp3) is 0.875. The van der Waals surface area contributed by atoms with Crippen molar-refractivity contribution in [2.45, 2.75) is 71.4 Å². The fourth-order valence-electron chi connectivity index (χ4n) is 2.53. The molecule has 0 spiro atoms. The van der Waals surface area contributed by atoms with Gasteiger partial charge in [-0.2, -0.15) is 0 Å². The molecule has 0 saturated carbocycles. The summed E-state index contributed by atoms with van der Waals surface area (Å²) in [5.41, 5.74) is -0.491. The molecule has 0 aromatic rings. The van der Waals surface area contributed by atoms with E-state index in [1.54, 1.807) is 0 Å². The summed E-state index contributed by atoms with van der Waals surface area (Å²) in [6.07, 6.45) is 4.14. The highest BCUT2D eigenvalue weighted by Crippen LogP contribution is 2.10. The van der Waals surface area contributed by atoms with Gasteiger partial charge in [-0.1, -0.05) is 6.42 Å². The summed E-state index contributed by atoms with van der Waals surface area (Å²) in [7, 11) is 0. The number of nitrogens with zero attached hydrogens (tertiary/aromatic N) is 1. The number of carbonyl (C=O) groups is 2. The van der Waals surface area contributed by atoms with Crippen LogP contribution in [0.3, 0.4) is 0 Å². The van der Waals surface area contributed by atoms with E-state index in [-0.39, 0.29) is 30.8 Å². The van der Waals surface area contributed by atoms with E-state index < -0.39 is 5.60 Å². The van der Waals surface area contributed by atoms with Crippen molar-refractivity contribution < 1.29 is 14.3 Å². The second-order valence-electron chi connectivity index (χ2n) is 6.92. The molecular weight excluding hydrogens is 268 g/mol. The summed E-state index contributed by atoms with van der Waals surface area (Å²) < 4.78 is 5.19. The molecule has 1 fully saturated rings. The molecule has 21 heavy (non-hydrogen) atoms. The lowest BCUT2D eigenvalue weighted by Gasteiger charge is -2.29. The van der Waals surface area contributed by atoms with Crippen LogP contribution >= 0.6 is 0 Å². The lowest BCUT2D eigenvalue weighted by atomic mass is 10.1. The molecule has 1 unspecified atom stereocenters. The number of hydrogen-bond donors (Lipinski definition) is 1. The van der Waals surface area contributed by atoms with Crippen molar-refractivity contribution in [2.75, 3.05) is 19.6 Å². The molecule has 1 aliphatic heterocycles. The van der Waals surface area contributed by atoms with Crippen LogP contribution in [0.5, 0.6) is 0 Å². The lowest BCUT2D eigenvalue weighted by Crippen LogP contribution is -2.43. The highest BCUT2D eigenvalue weighted by Gasteiger charge is 2.18. The van der Waals surface area contributed by atoms with Gasteiger partial charge in [0, 0.05) is 19.0 Å². The predicted octanol–water partition coefficient (Wildman–Crippen LogP) is 2.10. The zero-order chi connectivity index (χ0) is 15.9. The molecule has 0 bridgehead atoms. The van der Waals surface area contributed by atoms with Gasteiger partial charge in [0.1, 0.15) is 5.60 Å². The summed E-state index contributed by atoms with van der Waals surface area (Å²) in [5, 5.41) is 2.96. The summed E-state index contributed by atoms with van der Waals surface area (Å²) >= 11 is 0. The van der Waals surface area contributed by atoms with Gasteiger partial charge in [0.15, 0.2) is 0 Å². The Balaban J connectivity index is 2.18. The van der Waals surface area contributed by atoms with Gasteiger partial charge >= 0.3 is 5.97 Å². The Morgan fingerprint density at radius 2 is 1.76 bits per heavy atom. The van der Waals surface area contributed by atoms with Gasteiger partial charge in [0.05, 0.1) is 6.42 Å². The molecule has 1 atom stereocenters. The molecule has 0 aromatic carbocycles. The molecule has 1 rings (SSSR count). The Labute approximate surface area is 128 Å². The van der Waals surface area contributed by atoms with Crippen LogP contribution in [0, 0.1) is 0 Å². The smallest absolute Gasteiger partial charge is 0.306 e.